The van der Waals surface area contributed by atoms with Crippen LogP contribution in [-0.2, 0) is 6.54 Å². The molecule has 100 valence electrons. The van der Waals surface area contributed by atoms with Gasteiger partial charge in [0, 0.05) is 17.1 Å². The third kappa shape index (κ3) is 3.25. The first kappa shape index (κ1) is 13.9. The number of rotatable bonds is 4. The van der Waals surface area contributed by atoms with E-state index in [-0.39, 0.29) is 12.1 Å². The number of aliphatic hydroxyl groups excluding tert-OH is 1. The molecule has 1 aliphatic carbocycles. The predicted molar refractivity (Wildman–Crippen MR) is 75.7 cm³/mol. The van der Waals surface area contributed by atoms with Gasteiger partial charge in [-0.1, -0.05) is 36.7 Å². The van der Waals surface area contributed by atoms with Crippen LogP contribution in [0.25, 0.3) is 0 Å². The monoisotopic (exact) mass is 267 g/mol. The molecule has 0 saturated heterocycles. The van der Waals surface area contributed by atoms with Gasteiger partial charge >= 0.3 is 0 Å². The number of aliphatic hydroxyl groups is 1. The molecular formula is C15H22ClNO. The lowest BCUT2D eigenvalue weighted by atomic mass is 9.77. The average molecular weight is 268 g/mol. The fraction of sp³-hybridized carbons (Fsp3) is 0.600. The summed E-state index contributed by atoms with van der Waals surface area (Å²) in [6.07, 6.45) is 4.48. The molecule has 0 unspecified atom stereocenters. The third-order valence-electron chi connectivity index (χ3n) is 4.15. The van der Waals surface area contributed by atoms with Crippen molar-refractivity contribution >= 4 is 11.6 Å². The highest BCUT2D eigenvalue weighted by atomic mass is 35.5. The van der Waals surface area contributed by atoms with Crippen molar-refractivity contribution in [1.29, 1.82) is 0 Å². The summed E-state index contributed by atoms with van der Waals surface area (Å²) in [4.78, 5) is 0. The molecule has 0 bridgehead atoms. The molecule has 18 heavy (non-hydrogen) atoms. The van der Waals surface area contributed by atoms with Gasteiger partial charge in [0.1, 0.15) is 0 Å². The van der Waals surface area contributed by atoms with E-state index in [0.717, 1.165) is 35.9 Å². The molecule has 0 atom stereocenters. The Morgan fingerprint density at radius 2 is 2.00 bits per heavy atom. The Kier molecular flexibility index (Phi) is 4.66. The van der Waals surface area contributed by atoms with Gasteiger partial charge in [0.05, 0.1) is 6.61 Å². The van der Waals surface area contributed by atoms with Crippen LogP contribution in [0, 0.1) is 5.92 Å². The zero-order valence-electron chi connectivity index (χ0n) is 11.0. The molecule has 2 rings (SSSR count). The largest absolute Gasteiger partial charge is 0.394 e. The second-order valence-corrected chi connectivity index (χ2v) is 5.97. The Balaban J connectivity index is 1.97. The lowest BCUT2D eigenvalue weighted by molar-refractivity contribution is 0.104. The molecule has 1 aliphatic rings. The van der Waals surface area contributed by atoms with Crippen LogP contribution >= 0.6 is 11.6 Å². The Hall–Kier alpha value is -0.570. The van der Waals surface area contributed by atoms with Gasteiger partial charge in [-0.2, -0.15) is 0 Å². The molecule has 0 spiro atoms. The maximum absolute atomic E-state index is 9.68. The number of benzene rings is 1. The van der Waals surface area contributed by atoms with E-state index in [0.29, 0.717) is 0 Å². The van der Waals surface area contributed by atoms with Crippen molar-refractivity contribution in [2.24, 2.45) is 5.92 Å². The molecule has 1 fully saturated rings. The van der Waals surface area contributed by atoms with Crippen molar-refractivity contribution in [2.75, 3.05) is 6.61 Å². The molecule has 0 radical (unpaired) electrons. The summed E-state index contributed by atoms with van der Waals surface area (Å²) in [5.41, 5.74) is 0.997. The average Bonchev–Trinajstić information content (AvgIpc) is 2.40. The molecule has 0 amide bonds. The van der Waals surface area contributed by atoms with E-state index >= 15 is 0 Å². The Morgan fingerprint density at radius 1 is 1.33 bits per heavy atom. The fourth-order valence-corrected chi connectivity index (χ4v) is 2.83. The zero-order valence-corrected chi connectivity index (χ0v) is 11.7. The summed E-state index contributed by atoms with van der Waals surface area (Å²) in [5.74, 6) is 0.784. The van der Waals surface area contributed by atoms with Gasteiger partial charge in [0.25, 0.3) is 0 Å². The first-order valence-electron chi connectivity index (χ1n) is 6.74. The van der Waals surface area contributed by atoms with Crippen LogP contribution in [0.15, 0.2) is 24.3 Å². The van der Waals surface area contributed by atoms with Crippen molar-refractivity contribution in [3.05, 3.63) is 34.9 Å². The lowest BCUT2D eigenvalue weighted by Crippen LogP contribution is -2.50. The van der Waals surface area contributed by atoms with E-state index in [2.05, 4.69) is 12.2 Å². The Morgan fingerprint density at radius 3 is 2.61 bits per heavy atom. The van der Waals surface area contributed by atoms with Crippen LogP contribution in [0.5, 0.6) is 0 Å². The topological polar surface area (TPSA) is 32.3 Å². The standard InChI is InChI=1S/C15H22ClNO/c1-12-6-8-15(11-18,9-7-12)17-10-13-4-2-3-5-14(13)16/h2-5,12,17-18H,6-11H2,1H3. The number of hydrogen-bond acceptors (Lipinski definition) is 2. The highest BCUT2D eigenvalue weighted by molar-refractivity contribution is 6.31. The SMILES string of the molecule is CC1CCC(CO)(NCc2ccccc2Cl)CC1. The van der Waals surface area contributed by atoms with Crippen LogP contribution in [0.4, 0.5) is 0 Å². The summed E-state index contributed by atoms with van der Waals surface area (Å²) in [6, 6.07) is 7.88. The highest BCUT2D eigenvalue weighted by Gasteiger charge is 2.32. The van der Waals surface area contributed by atoms with Gasteiger partial charge in [-0.15, -0.1) is 0 Å². The van der Waals surface area contributed by atoms with Crippen molar-refractivity contribution in [2.45, 2.75) is 44.7 Å². The zero-order chi connectivity index (χ0) is 13.0. The molecule has 1 aromatic carbocycles. The van der Waals surface area contributed by atoms with Gasteiger partial charge in [0.15, 0.2) is 0 Å². The van der Waals surface area contributed by atoms with E-state index in [9.17, 15) is 5.11 Å². The summed E-state index contributed by atoms with van der Waals surface area (Å²) >= 11 is 6.15. The second-order valence-electron chi connectivity index (χ2n) is 5.57. The van der Waals surface area contributed by atoms with Gasteiger partial charge in [0.2, 0.25) is 0 Å². The molecule has 0 heterocycles. The molecule has 1 saturated carbocycles. The van der Waals surface area contributed by atoms with E-state index in [1.165, 1.54) is 12.8 Å². The quantitative estimate of drug-likeness (QED) is 0.877. The van der Waals surface area contributed by atoms with Gasteiger partial charge in [-0.25, -0.2) is 0 Å². The van der Waals surface area contributed by atoms with Crippen molar-refractivity contribution < 1.29 is 5.11 Å². The van der Waals surface area contributed by atoms with Gasteiger partial charge < -0.3 is 10.4 Å². The summed E-state index contributed by atoms with van der Waals surface area (Å²) in [7, 11) is 0. The molecule has 2 nitrogen and oxygen atoms in total. The van der Waals surface area contributed by atoms with E-state index in [1.807, 2.05) is 24.3 Å². The maximum atomic E-state index is 9.68. The fourth-order valence-electron chi connectivity index (χ4n) is 2.63. The normalized spacial score (nSPS) is 28.3. The Bertz CT molecular complexity index is 386. The minimum Gasteiger partial charge on any atom is -0.394 e. The maximum Gasteiger partial charge on any atom is 0.0613 e. The van der Waals surface area contributed by atoms with Crippen molar-refractivity contribution in [3.8, 4) is 0 Å². The van der Waals surface area contributed by atoms with Crippen LogP contribution in [0.1, 0.15) is 38.2 Å². The third-order valence-corrected chi connectivity index (χ3v) is 4.51. The molecule has 2 N–H and O–H groups in total. The van der Waals surface area contributed by atoms with Crippen LogP contribution in [0.2, 0.25) is 5.02 Å². The molecule has 0 aromatic heterocycles. The minimum absolute atomic E-state index is 0.105. The van der Waals surface area contributed by atoms with Crippen molar-refractivity contribution in [1.82, 2.24) is 5.32 Å². The summed E-state index contributed by atoms with van der Waals surface area (Å²) < 4.78 is 0. The summed E-state index contributed by atoms with van der Waals surface area (Å²) in [5, 5.41) is 14.0. The van der Waals surface area contributed by atoms with Gasteiger partial charge in [-0.05, 0) is 43.2 Å². The van der Waals surface area contributed by atoms with Crippen LogP contribution < -0.4 is 5.32 Å². The van der Waals surface area contributed by atoms with Crippen LogP contribution in [-0.4, -0.2) is 17.3 Å². The van der Waals surface area contributed by atoms with Gasteiger partial charge in [-0.3, -0.25) is 0 Å². The first-order chi connectivity index (χ1) is 8.65. The molecule has 3 heteroatoms. The van der Waals surface area contributed by atoms with E-state index in [4.69, 9.17) is 11.6 Å². The van der Waals surface area contributed by atoms with E-state index in [1.54, 1.807) is 0 Å². The number of hydrogen-bond donors (Lipinski definition) is 2. The Labute approximate surface area is 114 Å². The van der Waals surface area contributed by atoms with Crippen LogP contribution in [0.3, 0.4) is 0 Å². The summed E-state index contributed by atoms with van der Waals surface area (Å²) in [6.45, 7) is 3.23. The lowest BCUT2D eigenvalue weighted by Gasteiger charge is -2.39. The molecule has 0 aliphatic heterocycles. The number of nitrogens with one attached hydrogen (secondary N) is 1. The molecular weight excluding hydrogens is 246 g/mol. The minimum atomic E-state index is -0.105. The molecule has 1 aromatic rings. The second kappa shape index (κ2) is 6.05. The van der Waals surface area contributed by atoms with E-state index < -0.39 is 0 Å². The predicted octanol–water partition coefficient (Wildman–Crippen LogP) is 3.37. The van der Waals surface area contributed by atoms with Crippen molar-refractivity contribution in [3.63, 3.8) is 0 Å². The smallest absolute Gasteiger partial charge is 0.0613 e. The highest BCUT2D eigenvalue weighted by Crippen LogP contribution is 2.32. The number of halogens is 1. The first-order valence-corrected chi connectivity index (χ1v) is 7.12.